The molecule has 0 spiro atoms. The predicted octanol–water partition coefficient (Wildman–Crippen LogP) is 3.78. The first kappa shape index (κ1) is 20.9. The van der Waals surface area contributed by atoms with Crippen molar-refractivity contribution < 1.29 is 9.21 Å². The van der Waals surface area contributed by atoms with Gasteiger partial charge < -0.3 is 9.73 Å². The Kier molecular flexibility index (Phi) is 5.40. The van der Waals surface area contributed by atoms with E-state index >= 15 is 0 Å². The van der Waals surface area contributed by atoms with Crippen LogP contribution in [0.2, 0.25) is 0 Å². The highest BCUT2D eigenvalue weighted by molar-refractivity contribution is 7.07. The van der Waals surface area contributed by atoms with Crippen LogP contribution in [0.5, 0.6) is 0 Å². The van der Waals surface area contributed by atoms with Crippen LogP contribution in [0.1, 0.15) is 30.0 Å². The fraction of sp³-hybridized carbons (Fsp3) is 0.115. The molecule has 33 heavy (non-hydrogen) atoms. The van der Waals surface area contributed by atoms with Crippen molar-refractivity contribution >= 4 is 29.0 Å². The van der Waals surface area contributed by atoms with Gasteiger partial charge in [0.1, 0.15) is 17.6 Å². The third kappa shape index (κ3) is 3.99. The Bertz CT molecular complexity index is 1540. The summed E-state index contributed by atoms with van der Waals surface area (Å²) in [6.07, 6.45) is 1.84. The molecule has 1 atom stereocenters. The van der Waals surface area contributed by atoms with E-state index in [4.69, 9.17) is 4.42 Å². The molecule has 7 heteroatoms. The largest absolute Gasteiger partial charge is 0.464 e. The van der Waals surface area contributed by atoms with Crippen molar-refractivity contribution in [1.82, 2.24) is 4.57 Å². The molecule has 2 aromatic heterocycles. The number of nitrogens with one attached hydrogen (secondary N) is 1. The average Bonchev–Trinajstić information content (AvgIpc) is 3.37. The highest BCUT2D eigenvalue weighted by Crippen LogP contribution is 2.31. The number of benzene rings is 2. The highest BCUT2D eigenvalue weighted by Gasteiger charge is 2.34. The van der Waals surface area contributed by atoms with Crippen LogP contribution in [0.15, 0.2) is 98.3 Å². The fourth-order valence-electron chi connectivity index (χ4n) is 3.90. The number of carbonyl (C=O) groups excluding carboxylic acids is 1. The van der Waals surface area contributed by atoms with Gasteiger partial charge in [-0.25, -0.2) is 4.99 Å². The second-order valence-electron chi connectivity index (χ2n) is 7.76. The molecule has 0 saturated heterocycles. The summed E-state index contributed by atoms with van der Waals surface area (Å²) in [6, 6.07) is 21.8. The summed E-state index contributed by atoms with van der Waals surface area (Å²) in [6.45, 7) is 3.62. The molecule has 2 aromatic carbocycles. The van der Waals surface area contributed by atoms with Crippen molar-refractivity contribution in [3.05, 3.63) is 121 Å². The second kappa shape index (κ2) is 8.52. The number of thiazole rings is 1. The molecule has 5 rings (SSSR count). The highest BCUT2D eigenvalue weighted by atomic mass is 32.1. The average molecular weight is 456 g/mol. The molecule has 164 valence electrons. The molecule has 1 aliphatic heterocycles. The Morgan fingerprint density at radius 1 is 1.03 bits per heavy atom. The Labute approximate surface area is 193 Å². The molecule has 6 nitrogen and oxygen atoms in total. The van der Waals surface area contributed by atoms with Gasteiger partial charge in [-0.3, -0.25) is 14.2 Å². The van der Waals surface area contributed by atoms with Crippen LogP contribution in [0.4, 0.5) is 5.69 Å². The minimum Gasteiger partial charge on any atom is -0.464 e. The first-order valence-electron chi connectivity index (χ1n) is 10.5. The summed E-state index contributed by atoms with van der Waals surface area (Å²) >= 11 is 1.30. The number of aryl methyl sites for hydroxylation is 1. The fourth-order valence-corrected chi connectivity index (χ4v) is 4.95. The minimum atomic E-state index is -0.711. The van der Waals surface area contributed by atoms with Gasteiger partial charge in [0.2, 0.25) is 0 Å². The molecule has 0 saturated carbocycles. The van der Waals surface area contributed by atoms with Gasteiger partial charge in [0, 0.05) is 5.69 Å². The SMILES string of the molecule is CC1=C(C(=O)Nc2ccccc2)[C@@H](c2ccc(C)o2)n2c(s/c(=C/c3ccccc3)c2=O)=N1. The number of nitrogens with zero attached hydrogens (tertiary/aromatic N) is 2. The van der Waals surface area contributed by atoms with E-state index in [1.54, 1.807) is 11.5 Å². The van der Waals surface area contributed by atoms with Gasteiger partial charge in [0.15, 0.2) is 4.80 Å². The van der Waals surface area contributed by atoms with E-state index < -0.39 is 6.04 Å². The molecule has 1 amide bonds. The maximum Gasteiger partial charge on any atom is 0.271 e. The summed E-state index contributed by atoms with van der Waals surface area (Å²) in [5.41, 5.74) is 2.31. The molecular weight excluding hydrogens is 434 g/mol. The van der Waals surface area contributed by atoms with Gasteiger partial charge in [-0.15, -0.1) is 0 Å². The summed E-state index contributed by atoms with van der Waals surface area (Å²) < 4.78 is 8.03. The molecular formula is C26H21N3O3S. The standard InChI is InChI=1S/C26H21N3O3S/c1-16-13-14-20(32-16)23-22(24(30)28-19-11-7-4-8-12-19)17(2)27-26-29(23)25(31)21(33-26)15-18-9-5-3-6-10-18/h3-15,23H,1-2H3,(H,28,30)/b21-15+/t23-/m1/s1. The van der Waals surface area contributed by atoms with E-state index in [1.165, 1.54) is 11.3 Å². The summed E-state index contributed by atoms with van der Waals surface area (Å²) in [5, 5.41) is 2.93. The number of hydrogen-bond donors (Lipinski definition) is 1. The van der Waals surface area contributed by atoms with E-state index in [1.807, 2.05) is 85.8 Å². The van der Waals surface area contributed by atoms with Crippen molar-refractivity contribution in [3.63, 3.8) is 0 Å². The topological polar surface area (TPSA) is 76.6 Å². The molecule has 0 aliphatic carbocycles. The Balaban J connectivity index is 1.67. The van der Waals surface area contributed by atoms with Crippen LogP contribution in [-0.4, -0.2) is 10.5 Å². The number of aromatic nitrogens is 1. The molecule has 0 bridgehead atoms. The summed E-state index contributed by atoms with van der Waals surface area (Å²) in [5.74, 6) is 0.903. The quantitative estimate of drug-likeness (QED) is 0.509. The molecule has 1 aliphatic rings. The lowest BCUT2D eigenvalue weighted by Crippen LogP contribution is -2.40. The number of anilines is 1. The maximum atomic E-state index is 13.5. The predicted molar refractivity (Wildman–Crippen MR) is 129 cm³/mol. The van der Waals surface area contributed by atoms with Gasteiger partial charge in [0.25, 0.3) is 11.5 Å². The van der Waals surface area contributed by atoms with Crippen molar-refractivity contribution in [3.8, 4) is 0 Å². The van der Waals surface area contributed by atoms with Crippen molar-refractivity contribution in [2.45, 2.75) is 19.9 Å². The van der Waals surface area contributed by atoms with Gasteiger partial charge in [-0.2, -0.15) is 0 Å². The molecule has 4 aromatic rings. The van der Waals surface area contributed by atoms with Crippen LogP contribution in [0.25, 0.3) is 6.08 Å². The van der Waals surface area contributed by atoms with Gasteiger partial charge in [-0.1, -0.05) is 59.9 Å². The normalized spacial score (nSPS) is 15.8. The van der Waals surface area contributed by atoms with Crippen LogP contribution in [0.3, 0.4) is 0 Å². The third-order valence-corrected chi connectivity index (χ3v) is 6.41. The number of furan rings is 1. The zero-order valence-corrected chi connectivity index (χ0v) is 18.9. The molecule has 1 N–H and O–H groups in total. The number of fused-ring (bicyclic) bond motifs is 1. The van der Waals surface area contributed by atoms with Crippen molar-refractivity contribution in [2.75, 3.05) is 5.32 Å². The molecule has 0 fully saturated rings. The molecule has 0 radical (unpaired) electrons. The number of amides is 1. The van der Waals surface area contributed by atoms with Gasteiger partial charge >= 0.3 is 0 Å². The molecule has 0 unspecified atom stereocenters. The van der Waals surface area contributed by atoms with E-state index in [2.05, 4.69) is 10.3 Å². The zero-order valence-electron chi connectivity index (χ0n) is 18.1. The van der Waals surface area contributed by atoms with E-state index in [-0.39, 0.29) is 11.5 Å². The summed E-state index contributed by atoms with van der Waals surface area (Å²) in [7, 11) is 0. The van der Waals surface area contributed by atoms with Crippen LogP contribution in [-0.2, 0) is 4.79 Å². The first-order chi connectivity index (χ1) is 16.0. The van der Waals surface area contributed by atoms with Crippen molar-refractivity contribution in [1.29, 1.82) is 0 Å². The smallest absolute Gasteiger partial charge is 0.271 e. The number of hydrogen-bond acceptors (Lipinski definition) is 5. The first-order valence-corrected chi connectivity index (χ1v) is 11.3. The van der Waals surface area contributed by atoms with Crippen LogP contribution < -0.4 is 20.2 Å². The second-order valence-corrected chi connectivity index (χ2v) is 8.77. The minimum absolute atomic E-state index is 0.209. The number of allylic oxidation sites excluding steroid dienone is 1. The lowest BCUT2D eigenvalue weighted by atomic mass is 10.00. The van der Waals surface area contributed by atoms with Gasteiger partial charge in [-0.05, 0) is 49.8 Å². The lowest BCUT2D eigenvalue weighted by Gasteiger charge is -2.23. The maximum absolute atomic E-state index is 13.5. The van der Waals surface area contributed by atoms with E-state index in [0.29, 0.717) is 37.8 Å². The van der Waals surface area contributed by atoms with Crippen LogP contribution >= 0.6 is 11.3 Å². The van der Waals surface area contributed by atoms with Crippen LogP contribution in [0, 0.1) is 6.92 Å². The number of para-hydroxylation sites is 1. The third-order valence-electron chi connectivity index (χ3n) is 5.43. The number of carbonyl (C=O) groups is 1. The Morgan fingerprint density at radius 3 is 2.39 bits per heavy atom. The Morgan fingerprint density at radius 2 is 1.73 bits per heavy atom. The molecule has 3 heterocycles. The summed E-state index contributed by atoms with van der Waals surface area (Å²) in [4.78, 5) is 32.1. The van der Waals surface area contributed by atoms with Gasteiger partial charge in [0.05, 0.1) is 15.8 Å². The van der Waals surface area contributed by atoms with E-state index in [0.717, 1.165) is 5.56 Å². The lowest BCUT2D eigenvalue weighted by molar-refractivity contribution is -0.113. The monoisotopic (exact) mass is 455 g/mol. The Hall–Kier alpha value is -3.97. The zero-order chi connectivity index (χ0) is 22.9. The van der Waals surface area contributed by atoms with Crippen molar-refractivity contribution in [2.24, 2.45) is 4.99 Å². The number of rotatable bonds is 4. The van der Waals surface area contributed by atoms with E-state index in [9.17, 15) is 9.59 Å².